The Morgan fingerprint density at radius 3 is 2.60 bits per heavy atom. The molecule has 0 amide bonds. The van der Waals surface area contributed by atoms with Crippen molar-refractivity contribution in [2.24, 2.45) is 0 Å². The van der Waals surface area contributed by atoms with E-state index >= 15 is 0 Å². The molecule has 1 N–H and O–H groups in total. The molecule has 1 rings (SSSR count). The molecule has 0 aliphatic rings. The highest BCUT2D eigenvalue weighted by atomic mass is 35.5. The Morgan fingerprint density at radius 1 is 1.27 bits per heavy atom. The highest BCUT2D eigenvalue weighted by Crippen LogP contribution is 2.20. The van der Waals surface area contributed by atoms with Gasteiger partial charge in [0.2, 0.25) is 0 Å². The second kappa shape index (κ2) is 6.33. The third-order valence-corrected chi connectivity index (χ3v) is 2.65. The van der Waals surface area contributed by atoms with Gasteiger partial charge >= 0.3 is 0 Å². The van der Waals surface area contributed by atoms with Gasteiger partial charge in [-0.15, -0.1) is 0 Å². The third kappa shape index (κ3) is 4.85. The lowest BCUT2D eigenvalue weighted by Gasteiger charge is -2.11. The number of halogens is 2. The van der Waals surface area contributed by atoms with Crippen LogP contribution in [0.15, 0.2) is 18.2 Å². The molecule has 15 heavy (non-hydrogen) atoms. The van der Waals surface area contributed by atoms with Crippen LogP contribution in [-0.4, -0.2) is 32.1 Å². The maximum absolute atomic E-state index is 6.04. The summed E-state index contributed by atoms with van der Waals surface area (Å²) in [5.41, 5.74) is 1.08. The average Bonchev–Trinajstić information content (AvgIpc) is 2.14. The lowest BCUT2D eigenvalue weighted by Crippen LogP contribution is -2.26. The lowest BCUT2D eigenvalue weighted by atomic mass is 10.2. The van der Waals surface area contributed by atoms with Gasteiger partial charge in [0.15, 0.2) is 0 Å². The molecule has 1 aromatic carbocycles. The van der Waals surface area contributed by atoms with Crippen molar-refractivity contribution in [1.82, 2.24) is 10.2 Å². The molecular formula is C11H16Cl2N2. The minimum absolute atomic E-state index is 0.678. The molecule has 2 nitrogen and oxygen atoms in total. The normalized spacial score (nSPS) is 11.0. The molecule has 0 unspecified atom stereocenters. The smallest absolute Gasteiger partial charge is 0.0465 e. The number of hydrogen-bond acceptors (Lipinski definition) is 2. The molecule has 4 heteroatoms. The van der Waals surface area contributed by atoms with Crippen LogP contribution < -0.4 is 5.32 Å². The third-order valence-electron chi connectivity index (χ3n) is 2.07. The highest BCUT2D eigenvalue weighted by molar-refractivity contribution is 6.35. The van der Waals surface area contributed by atoms with Crippen molar-refractivity contribution in [2.75, 3.05) is 27.2 Å². The van der Waals surface area contributed by atoms with E-state index in [2.05, 4.69) is 24.3 Å². The highest BCUT2D eigenvalue weighted by Gasteiger charge is 2.00. The quantitative estimate of drug-likeness (QED) is 0.804. The van der Waals surface area contributed by atoms with E-state index in [0.717, 1.165) is 30.2 Å². The number of likely N-dealkylation sites (N-methyl/N-ethyl adjacent to an activating group) is 1. The van der Waals surface area contributed by atoms with Crippen molar-refractivity contribution in [3.05, 3.63) is 33.8 Å². The van der Waals surface area contributed by atoms with Gasteiger partial charge in [-0.3, -0.25) is 0 Å². The fourth-order valence-electron chi connectivity index (χ4n) is 1.19. The van der Waals surface area contributed by atoms with Gasteiger partial charge in [-0.2, -0.15) is 0 Å². The fraction of sp³-hybridized carbons (Fsp3) is 0.455. The van der Waals surface area contributed by atoms with E-state index in [9.17, 15) is 0 Å². The molecule has 0 saturated heterocycles. The van der Waals surface area contributed by atoms with Crippen LogP contribution in [0.25, 0.3) is 0 Å². The van der Waals surface area contributed by atoms with E-state index in [0.29, 0.717) is 5.02 Å². The molecule has 0 atom stereocenters. The van der Waals surface area contributed by atoms with Gasteiger partial charge < -0.3 is 10.2 Å². The predicted octanol–water partition coefficient (Wildman–Crippen LogP) is 2.64. The molecule has 0 radical (unpaired) electrons. The topological polar surface area (TPSA) is 15.3 Å². The second-order valence-electron chi connectivity index (χ2n) is 3.72. The summed E-state index contributed by atoms with van der Waals surface area (Å²) in [6.45, 7) is 2.75. The van der Waals surface area contributed by atoms with Gasteiger partial charge in [0.25, 0.3) is 0 Å². The SMILES string of the molecule is CN(C)CCNCc1ccc(Cl)cc1Cl. The van der Waals surface area contributed by atoms with E-state index in [-0.39, 0.29) is 0 Å². The largest absolute Gasteiger partial charge is 0.311 e. The molecule has 0 heterocycles. The van der Waals surface area contributed by atoms with Gasteiger partial charge in [-0.25, -0.2) is 0 Å². The van der Waals surface area contributed by atoms with Crippen LogP contribution >= 0.6 is 23.2 Å². The Bertz CT molecular complexity index is 313. The molecule has 84 valence electrons. The van der Waals surface area contributed by atoms with Gasteiger partial charge in [0.05, 0.1) is 0 Å². The molecule has 0 aliphatic heterocycles. The summed E-state index contributed by atoms with van der Waals surface area (Å²) < 4.78 is 0. The molecule has 0 aliphatic carbocycles. The van der Waals surface area contributed by atoms with Crippen LogP contribution in [0.3, 0.4) is 0 Å². The van der Waals surface area contributed by atoms with E-state index in [4.69, 9.17) is 23.2 Å². The number of hydrogen-bond donors (Lipinski definition) is 1. The maximum Gasteiger partial charge on any atom is 0.0465 e. The van der Waals surface area contributed by atoms with Crippen molar-refractivity contribution in [1.29, 1.82) is 0 Å². The zero-order chi connectivity index (χ0) is 11.3. The van der Waals surface area contributed by atoms with Crippen molar-refractivity contribution >= 4 is 23.2 Å². The zero-order valence-electron chi connectivity index (χ0n) is 9.06. The standard InChI is InChI=1S/C11H16Cl2N2/c1-15(2)6-5-14-8-9-3-4-10(12)7-11(9)13/h3-4,7,14H,5-6,8H2,1-2H3. The number of nitrogens with one attached hydrogen (secondary N) is 1. The van der Waals surface area contributed by atoms with Gasteiger partial charge in [-0.1, -0.05) is 29.3 Å². The summed E-state index contributed by atoms with van der Waals surface area (Å²) in [4.78, 5) is 2.14. The first kappa shape index (κ1) is 12.8. The van der Waals surface area contributed by atoms with Crippen LogP contribution in [0.4, 0.5) is 0 Å². The summed E-state index contributed by atoms with van der Waals surface area (Å²) in [6, 6.07) is 5.58. The van der Waals surface area contributed by atoms with Crippen LogP contribution in [0.5, 0.6) is 0 Å². The van der Waals surface area contributed by atoms with Gasteiger partial charge in [0.1, 0.15) is 0 Å². The van der Waals surface area contributed by atoms with E-state index in [1.807, 2.05) is 12.1 Å². The predicted molar refractivity (Wildman–Crippen MR) is 66.7 cm³/mol. The Kier molecular flexibility index (Phi) is 5.40. The first-order chi connectivity index (χ1) is 7.09. The van der Waals surface area contributed by atoms with Crippen LogP contribution in [0, 0.1) is 0 Å². The summed E-state index contributed by atoms with van der Waals surface area (Å²) in [5.74, 6) is 0. The van der Waals surface area contributed by atoms with E-state index in [1.165, 1.54) is 0 Å². The van der Waals surface area contributed by atoms with E-state index in [1.54, 1.807) is 6.07 Å². The molecule has 0 fully saturated rings. The monoisotopic (exact) mass is 246 g/mol. The number of rotatable bonds is 5. The van der Waals surface area contributed by atoms with Gasteiger partial charge in [-0.05, 0) is 31.8 Å². The zero-order valence-corrected chi connectivity index (χ0v) is 10.6. The number of benzene rings is 1. The molecule has 0 spiro atoms. The molecule has 1 aromatic rings. The minimum Gasteiger partial charge on any atom is -0.311 e. The minimum atomic E-state index is 0.678. The molecule has 0 saturated carbocycles. The first-order valence-corrected chi connectivity index (χ1v) is 5.64. The van der Waals surface area contributed by atoms with Crippen LogP contribution in [0.1, 0.15) is 5.56 Å². The summed E-state index contributed by atoms with van der Waals surface area (Å²) in [6.07, 6.45) is 0. The first-order valence-electron chi connectivity index (χ1n) is 4.89. The summed E-state index contributed by atoms with van der Waals surface area (Å²) >= 11 is 11.8. The van der Waals surface area contributed by atoms with Crippen LogP contribution in [0.2, 0.25) is 10.0 Å². The van der Waals surface area contributed by atoms with Crippen molar-refractivity contribution in [2.45, 2.75) is 6.54 Å². The molecular weight excluding hydrogens is 231 g/mol. The van der Waals surface area contributed by atoms with Gasteiger partial charge in [0, 0.05) is 29.7 Å². The fourth-order valence-corrected chi connectivity index (χ4v) is 1.67. The Hall–Kier alpha value is -0.280. The molecule has 0 aromatic heterocycles. The Morgan fingerprint density at radius 2 is 2.00 bits per heavy atom. The summed E-state index contributed by atoms with van der Waals surface area (Å²) in [7, 11) is 4.11. The van der Waals surface area contributed by atoms with Crippen molar-refractivity contribution in [3.8, 4) is 0 Å². The maximum atomic E-state index is 6.04. The Labute approximate surface area is 101 Å². The number of nitrogens with zero attached hydrogens (tertiary/aromatic N) is 1. The Balaban J connectivity index is 2.37. The molecule has 0 bridgehead atoms. The van der Waals surface area contributed by atoms with Crippen LogP contribution in [-0.2, 0) is 6.54 Å². The van der Waals surface area contributed by atoms with Crippen molar-refractivity contribution in [3.63, 3.8) is 0 Å². The van der Waals surface area contributed by atoms with E-state index < -0.39 is 0 Å². The second-order valence-corrected chi connectivity index (χ2v) is 4.56. The lowest BCUT2D eigenvalue weighted by molar-refractivity contribution is 0.400. The average molecular weight is 247 g/mol. The van der Waals surface area contributed by atoms with Crippen molar-refractivity contribution < 1.29 is 0 Å². The summed E-state index contributed by atoms with van der Waals surface area (Å²) in [5, 5.41) is 4.72.